The van der Waals surface area contributed by atoms with Gasteiger partial charge in [-0.15, -0.1) is 0 Å². The van der Waals surface area contributed by atoms with E-state index in [2.05, 4.69) is 35.2 Å². The van der Waals surface area contributed by atoms with E-state index in [9.17, 15) is 19.2 Å². The second kappa shape index (κ2) is 17.2. The lowest BCUT2D eigenvalue weighted by atomic mass is 10.1. The number of hydrogen-bond acceptors (Lipinski definition) is 10. The summed E-state index contributed by atoms with van der Waals surface area (Å²) in [7, 11) is 1.24. The number of likely N-dealkylation sites (tertiary alicyclic amines) is 2. The summed E-state index contributed by atoms with van der Waals surface area (Å²) in [5, 5.41) is 2.65. The van der Waals surface area contributed by atoms with Gasteiger partial charge >= 0.3 is 12.2 Å². The quantitative estimate of drug-likeness (QED) is 0.114. The van der Waals surface area contributed by atoms with Gasteiger partial charge in [0, 0.05) is 47.7 Å². The first-order valence-electron chi connectivity index (χ1n) is 19.4. The van der Waals surface area contributed by atoms with Crippen molar-refractivity contribution in [3.05, 3.63) is 132 Å². The van der Waals surface area contributed by atoms with Crippen molar-refractivity contribution in [2.75, 3.05) is 20.2 Å². The number of primary amides is 1. The number of aromatic amines is 2. The summed E-state index contributed by atoms with van der Waals surface area (Å²) >= 11 is 0. The van der Waals surface area contributed by atoms with Gasteiger partial charge in [0.1, 0.15) is 23.5 Å². The van der Waals surface area contributed by atoms with E-state index in [1.807, 2.05) is 6.07 Å². The van der Waals surface area contributed by atoms with E-state index in [1.54, 1.807) is 95.1 Å². The number of benzene rings is 3. The molecule has 2 saturated heterocycles. The molecule has 2 aliphatic rings. The second-order valence-electron chi connectivity index (χ2n) is 14.4. The maximum Gasteiger partial charge on any atom is 0.407 e. The Morgan fingerprint density at radius 1 is 0.750 bits per heavy atom. The number of hydrogen-bond donors (Lipinski definition) is 4. The first kappa shape index (κ1) is 39.4. The molecule has 17 heteroatoms. The van der Waals surface area contributed by atoms with Crippen LogP contribution in [0.5, 0.6) is 0 Å². The van der Waals surface area contributed by atoms with Crippen LogP contribution in [0, 0.1) is 5.82 Å². The first-order chi connectivity index (χ1) is 29.2. The molecule has 60 heavy (non-hydrogen) atoms. The van der Waals surface area contributed by atoms with Crippen LogP contribution in [0.4, 0.5) is 14.0 Å². The number of imidazole rings is 2. The summed E-state index contributed by atoms with van der Waals surface area (Å²) < 4.78 is 25.8. The Morgan fingerprint density at radius 3 is 1.93 bits per heavy atom. The molecular weight excluding hydrogens is 772 g/mol. The van der Waals surface area contributed by atoms with Gasteiger partial charge in [0.2, 0.25) is 6.10 Å². The highest BCUT2D eigenvalue weighted by Gasteiger charge is 2.39. The van der Waals surface area contributed by atoms with Crippen LogP contribution in [0.1, 0.15) is 72.7 Å². The smallest absolute Gasteiger partial charge is 0.407 e. The van der Waals surface area contributed by atoms with Gasteiger partial charge in [-0.2, -0.15) is 0 Å². The molecule has 0 bridgehead atoms. The van der Waals surface area contributed by atoms with Crippen LogP contribution in [0.25, 0.3) is 33.9 Å². The summed E-state index contributed by atoms with van der Waals surface area (Å²) in [4.78, 5) is 79.4. The summed E-state index contributed by atoms with van der Waals surface area (Å²) in [6.07, 6.45) is 6.16. The van der Waals surface area contributed by atoms with Crippen molar-refractivity contribution in [2.24, 2.45) is 5.73 Å². The Morgan fingerprint density at radius 2 is 1.33 bits per heavy atom. The van der Waals surface area contributed by atoms with Crippen LogP contribution < -0.4 is 11.1 Å². The molecule has 8 rings (SSSR count). The Labute approximate surface area is 343 Å². The highest BCUT2D eigenvalue weighted by Crippen LogP contribution is 2.37. The number of rotatable bonds is 11. The van der Waals surface area contributed by atoms with Crippen molar-refractivity contribution < 1.29 is 33.0 Å². The topological polar surface area (TPSA) is 214 Å². The third-order valence-electron chi connectivity index (χ3n) is 10.8. The number of alkyl carbamates (subject to hydrolysis) is 1. The summed E-state index contributed by atoms with van der Waals surface area (Å²) in [5.74, 6) is 0.147. The molecule has 0 unspecified atom stereocenters. The Kier molecular flexibility index (Phi) is 11.3. The average molecular weight is 813 g/mol. The highest BCUT2D eigenvalue weighted by atomic mass is 19.1. The number of nitrogens with zero attached hydrogens (tertiary/aromatic N) is 6. The number of carbonyl (C=O) groups is 4. The van der Waals surface area contributed by atoms with Gasteiger partial charge in [0.15, 0.2) is 5.82 Å². The molecule has 3 aromatic carbocycles. The fourth-order valence-electron chi connectivity index (χ4n) is 7.85. The number of nitrogens with one attached hydrogen (secondary N) is 3. The molecule has 3 aromatic heterocycles. The average Bonchev–Trinajstić information content (AvgIpc) is 4.12. The van der Waals surface area contributed by atoms with Crippen LogP contribution in [-0.4, -0.2) is 83.9 Å². The second-order valence-corrected chi connectivity index (χ2v) is 14.4. The van der Waals surface area contributed by atoms with Crippen molar-refractivity contribution in [3.8, 4) is 33.9 Å². The number of ether oxygens (including phenoxy) is 2. The van der Waals surface area contributed by atoms with Crippen molar-refractivity contribution >= 4 is 24.0 Å². The zero-order valence-corrected chi connectivity index (χ0v) is 32.5. The van der Waals surface area contributed by atoms with Gasteiger partial charge < -0.3 is 40.3 Å². The molecule has 0 spiro atoms. The van der Waals surface area contributed by atoms with Gasteiger partial charge in [-0.25, -0.2) is 33.9 Å². The van der Waals surface area contributed by atoms with E-state index in [4.69, 9.17) is 15.2 Å². The third-order valence-corrected chi connectivity index (χ3v) is 10.8. The molecule has 4 amide bonds. The fourth-order valence-corrected chi connectivity index (χ4v) is 7.85. The number of carbonyl (C=O) groups excluding carboxylic acids is 4. The normalized spacial score (nSPS) is 17.2. The maximum atomic E-state index is 15.8. The van der Waals surface area contributed by atoms with Crippen LogP contribution >= 0.6 is 0 Å². The monoisotopic (exact) mass is 812 g/mol. The van der Waals surface area contributed by atoms with E-state index < -0.39 is 42.1 Å². The largest absolute Gasteiger partial charge is 0.453 e. The molecule has 306 valence electrons. The van der Waals surface area contributed by atoms with Gasteiger partial charge in [0.05, 0.1) is 43.0 Å². The SMILES string of the molecule is COC(=O)N[C@@H](C(=O)N1CCC[C@H]1c1ncc(-c2ccc(-c3ncc(-c4cnc([C@@H]5CCCN5C(=O)[C@H](OC(N)=O)c5ccccc5)[nH]4)cn3)cc2F)[nH]1)c1ccccc1. The van der Waals surface area contributed by atoms with Crippen LogP contribution in [0.3, 0.4) is 0 Å². The van der Waals surface area contributed by atoms with E-state index in [-0.39, 0.29) is 17.5 Å². The van der Waals surface area contributed by atoms with Crippen molar-refractivity contribution in [1.82, 2.24) is 45.0 Å². The summed E-state index contributed by atoms with van der Waals surface area (Å²) in [5.41, 5.74) is 8.88. The van der Waals surface area contributed by atoms with E-state index >= 15 is 4.39 Å². The number of aromatic nitrogens is 6. The first-order valence-corrected chi connectivity index (χ1v) is 19.4. The lowest BCUT2D eigenvalue weighted by Crippen LogP contribution is -2.42. The Balaban J connectivity index is 0.947. The van der Waals surface area contributed by atoms with Gasteiger partial charge in [-0.1, -0.05) is 66.7 Å². The molecule has 0 saturated carbocycles. The van der Waals surface area contributed by atoms with Gasteiger partial charge in [0.25, 0.3) is 11.8 Å². The number of halogens is 1. The highest BCUT2D eigenvalue weighted by molar-refractivity contribution is 5.87. The number of nitrogens with two attached hydrogens (primary N) is 1. The molecule has 2 fully saturated rings. The zero-order chi connectivity index (χ0) is 41.8. The minimum Gasteiger partial charge on any atom is -0.453 e. The molecule has 0 aliphatic carbocycles. The molecule has 5 heterocycles. The van der Waals surface area contributed by atoms with Crippen molar-refractivity contribution in [3.63, 3.8) is 0 Å². The van der Waals surface area contributed by atoms with Crippen molar-refractivity contribution in [2.45, 2.75) is 49.9 Å². The van der Waals surface area contributed by atoms with Gasteiger partial charge in [-0.3, -0.25) is 9.59 Å². The molecule has 2 aliphatic heterocycles. The van der Waals surface area contributed by atoms with E-state index in [1.165, 1.54) is 19.4 Å². The summed E-state index contributed by atoms with van der Waals surface area (Å²) in [6.45, 7) is 0.910. The minimum absolute atomic E-state index is 0.278. The molecule has 4 atom stereocenters. The number of methoxy groups -OCH3 is 1. The maximum absolute atomic E-state index is 15.8. The molecule has 0 radical (unpaired) electrons. The lowest BCUT2D eigenvalue weighted by molar-refractivity contribution is -0.141. The van der Waals surface area contributed by atoms with Crippen LogP contribution in [-0.2, 0) is 19.1 Å². The molecule has 6 aromatic rings. The zero-order valence-electron chi connectivity index (χ0n) is 32.5. The minimum atomic E-state index is -1.19. The van der Waals surface area contributed by atoms with Crippen LogP contribution in [0.15, 0.2) is 104 Å². The molecular formula is C43H41FN10O6. The fraction of sp³-hybridized carbons (Fsp3) is 0.256. The lowest BCUT2D eigenvalue weighted by Gasteiger charge is -2.28. The standard InChI is InChI=1S/C43H41FN10O6/c1-59-43(58)52-35(25-10-4-2-5-11-25)40(55)53-18-8-14-33(53)39-49-24-32(51-39)29-17-16-27(20-30(29)44)37-46-21-28(22-47-37)31-23-48-38(50-31)34-15-9-19-54(34)41(56)36(60-42(45)57)26-12-6-3-7-13-26/h2-7,10-13,16-17,20-24,33-36H,8-9,14-15,18-19H2,1H3,(H2,45,57)(H,48,50)(H,49,51)(H,52,58)/t33-,34-,35+,36+/m0/s1. The van der Waals surface area contributed by atoms with Gasteiger partial charge in [-0.05, 0) is 43.4 Å². The van der Waals surface area contributed by atoms with E-state index in [0.29, 0.717) is 77.0 Å². The predicted octanol–water partition coefficient (Wildman–Crippen LogP) is 6.32. The molecule has 5 N–H and O–H groups in total. The van der Waals surface area contributed by atoms with Crippen LogP contribution in [0.2, 0.25) is 0 Å². The number of H-pyrrole nitrogens is 2. The van der Waals surface area contributed by atoms with Crippen molar-refractivity contribution in [1.29, 1.82) is 0 Å². The Bertz CT molecular complexity index is 2500. The molecule has 16 nitrogen and oxygen atoms in total. The number of amides is 4. The summed E-state index contributed by atoms with van der Waals surface area (Å²) in [6, 6.07) is 20.6. The third kappa shape index (κ3) is 8.14. The Hall–Kier alpha value is -7.43. The van der Waals surface area contributed by atoms with E-state index in [0.717, 1.165) is 12.8 Å². The predicted molar refractivity (Wildman–Crippen MR) is 215 cm³/mol.